The highest BCUT2D eigenvalue weighted by molar-refractivity contribution is 6.04. The molecular formula is C24H22N4O. The van der Waals surface area contributed by atoms with E-state index in [1.807, 2.05) is 67.2 Å². The number of carbonyl (C=O) groups is 1. The van der Waals surface area contributed by atoms with Crippen molar-refractivity contribution in [3.63, 3.8) is 0 Å². The van der Waals surface area contributed by atoms with Crippen molar-refractivity contribution in [2.45, 2.75) is 13.8 Å². The molecule has 2 aromatic carbocycles. The highest BCUT2D eigenvalue weighted by atomic mass is 16.1. The molecule has 0 spiro atoms. The third kappa shape index (κ3) is 3.80. The van der Waals surface area contributed by atoms with Crippen LogP contribution in [0.25, 0.3) is 22.5 Å². The predicted octanol–water partition coefficient (Wildman–Crippen LogP) is 5.02. The highest BCUT2D eigenvalue weighted by Crippen LogP contribution is 2.27. The Morgan fingerprint density at radius 1 is 0.931 bits per heavy atom. The number of nitrogens with one attached hydrogen (secondary N) is 1. The first-order chi connectivity index (χ1) is 14.0. The number of amides is 1. The summed E-state index contributed by atoms with van der Waals surface area (Å²) in [5.41, 5.74) is 6.71. The molecule has 144 valence electrons. The van der Waals surface area contributed by atoms with Gasteiger partial charge in [-0.05, 0) is 49.2 Å². The van der Waals surface area contributed by atoms with E-state index in [9.17, 15) is 4.79 Å². The zero-order valence-corrected chi connectivity index (χ0v) is 16.7. The highest BCUT2D eigenvalue weighted by Gasteiger charge is 2.12. The summed E-state index contributed by atoms with van der Waals surface area (Å²) in [6.07, 6.45) is 1.76. The van der Waals surface area contributed by atoms with Crippen molar-refractivity contribution in [3.8, 4) is 22.5 Å². The second kappa shape index (κ2) is 7.72. The van der Waals surface area contributed by atoms with Gasteiger partial charge in [0.15, 0.2) is 0 Å². The van der Waals surface area contributed by atoms with Crippen LogP contribution in [0.4, 0.5) is 5.82 Å². The van der Waals surface area contributed by atoms with E-state index < -0.39 is 0 Å². The molecule has 5 nitrogen and oxygen atoms in total. The van der Waals surface area contributed by atoms with Crippen LogP contribution >= 0.6 is 0 Å². The summed E-state index contributed by atoms with van der Waals surface area (Å²) in [5, 5.41) is 7.52. The van der Waals surface area contributed by atoms with E-state index in [4.69, 9.17) is 0 Å². The van der Waals surface area contributed by atoms with Gasteiger partial charge in [-0.2, -0.15) is 5.10 Å². The molecule has 1 amide bonds. The number of anilines is 1. The number of carbonyl (C=O) groups excluding carboxylic acids is 1. The first-order valence-electron chi connectivity index (χ1n) is 9.46. The van der Waals surface area contributed by atoms with Gasteiger partial charge < -0.3 is 5.32 Å². The molecule has 0 aliphatic carbocycles. The maximum Gasteiger partial charge on any atom is 0.257 e. The summed E-state index contributed by atoms with van der Waals surface area (Å²) >= 11 is 0. The van der Waals surface area contributed by atoms with Crippen molar-refractivity contribution < 1.29 is 4.79 Å². The van der Waals surface area contributed by atoms with Crippen LogP contribution in [0, 0.1) is 13.8 Å². The van der Waals surface area contributed by atoms with Gasteiger partial charge in [0.2, 0.25) is 0 Å². The number of aryl methyl sites for hydroxylation is 3. The molecular weight excluding hydrogens is 360 g/mol. The second-order valence-electron chi connectivity index (χ2n) is 7.05. The van der Waals surface area contributed by atoms with E-state index in [0.717, 1.165) is 28.1 Å². The van der Waals surface area contributed by atoms with Crippen molar-refractivity contribution in [1.82, 2.24) is 14.8 Å². The summed E-state index contributed by atoms with van der Waals surface area (Å²) in [6.45, 7) is 4.00. The largest absolute Gasteiger partial charge is 0.307 e. The lowest BCUT2D eigenvalue weighted by Gasteiger charge is -2.07. The smallest absolute Gasteiger partial charge is 0.257 e. The number of aromatic nitrogens is 3. The van der Waals surface area contributed by atoms with Gasteiger partial charge in [-0.3, -0.25) is 9.48 Å². The zero-order valence-electron chi connectivity index (χ0n) is 16.7. The number of hydrogen-bond donors (Lipinski definition) is 1. The Balaban J connectivity index is 1.56. The standard InChI is InChI=1S/C24H22N4O/c1-16-8-4-6-10-19(16)21-14-22(28(3)27-21)18-12-13-23(25-15-18)26-24(29)20-11-7-5-9-17(20)2/h4-15H,1-3H3,(H,25,26,29). The van der Waals surface area contributed by atoms with Gasteiger partial charge in [-0.15, -0.1) is 0 Å². The van der Waals surface area contributed by atoms with Gasteiger partial charge in [0.1, 0.15) is 5.82 Å². The normalized spacial score (nSPS) is 10.7. The lowest BCUT2D eigenvalue weighted by Crippen LogP contribution is -2.14. The van der Waals surface area contributed by atoms with E-state index in [0.29, 0.717) is 11.4 Å². The van der Waals surface area contributed by atoms with E-state index in [-0.39, 0.29) is 5.91 Å². The van der Waals surface area contributed by atoms with E-state index >= 15 is 0 Å². The van der Waals surface area contributed by atoms with Crippen LogP contribution in [-0.4, -0.2) is 20.7 Å². The van der Waals surface area contributed by atoms with Gasteiger partial charge in [-0.1, -0.05) is 42.5 Å². The Kier molecular flexibility index (Phi) is 4.96. The molecule has 1 N–H and O–H groups in total. The summed E-state index contributed by atoms with van der Waals surface area (Å²) in [6, 6.07) is 21.5. The molecule has 0 aliphatic heterocycles. The summed E-state index contributed by atoms with van der Waals surface area (Å²) in [4.78, 5) is 16.9. The monoisotopic (exact) mass is 382 g/mol. The number of hydrogen-bond acceptors (Lipinski definition) is 3. The van der Waals surface area contributed by atoms with E-state index in [1.165, 1.54) is 5.56 Å². The van der Waals surface area contributed by atoms with Gasteiger partial charge in [0.25, 0.3) is 5.91 Å². The van der Waals surface area contributed by atoms with Crippen LogP contribution in [0.3, 0.4) is 0 Å². The third-order valence-corrected chi connectivity index (χ3v) is 4.99. The van der Waals surface area contributed by atoms with Crippen LogP contribution in [0.2, 0.25) is 0 Å². The number of nitrogens with zero attached hydrogens (tertiary/aromatic N) is 3. The van der Waals surface area contributed by atoms with Crippen LogP contribution in [0.1, 0.15) is 21.5 Å². The summed E-state index contributed by atoms with van der Waals surface area (Å²) < 4.78 is 1.85. The van der Waals surface area contributed by atoms with Crippen molar-refractivity contribution in [2.75, 3.05) is 5.32 Å². The SMILES string of the molecule is Cc1ccccc1C(=O)Nc1ccc(-c2cc(-c3ccccc3C)nn2C)cn1. The minimum Gasteiger partial charge on any atom is -0.307 e. The fourth-order valence-electron chi connectivity index (χ4n) is 3.36. The fraction of sp³-hybridized carbons (Fsp3) is 0.125. The molecule has 0 aliphatic rings. The van der Waals surface area contributed by atoms with Crippen molar-refractivity contribution in [1.29, 1.82) is 0 Å². The van der Waals surface area contributed by atoms with Crippen molar-refractivity contribution in [3.05, 3.63) is 89.6 Å². The quantitative estimate of drug-likeness (QED) is 0.539. The Morgan fingerprint density at radius 3 is 2.34 bits per heavy atom. The lowest BCUT2D eigenvalue weighted by molar-refractivity contribution is 0.102. The molecule has 5 heteroatoms. The van der Waals surface area contributed by atoms with Crippen LogP contribution in [0.5, 0.6) is 0 Å². The maximum atomic E-state index is 12.5. The Labute approximate surface area is 170 Å². The Hall–Kier alpha value is -3.73. The van der Waals surface area contributed by atoms with Gasteiger partial charge in [-0.25, -0.2) is 4.98 Å². The summed E-state index contributed by atoms with van der Waals surface area (Å²) in [7, 11) is 1.92. The van der Waals surface area contributed by atoms with Crippen LogP contribution in [0.15, 0.2) is 72.9 Å². The molecule has 0 atom stereocenters. The van der Waals surface area contributed by atoms with Gasteiger partial charge in [0.05, 0.1) is 11.4 Å². The molecule has 0 unspecified atom stereocenters. The fourth-order valence-corrected chi connectivity index (χ4v) is 3.36. The minimum atomic E-state index is -0.161. The summed E-state index contributed by atoms with van der Waals surface area (Å²) in [5.74, 6) is 0.356. The molecule has 0 bridgehead atoms. The first-order valence-corrected chi connectivity index (χ1v) is 9.46. The Bertz CT molecular complexity index is 1180. The van der Waals surface area contributed by atoms with E-state index in [2.05, 4.69) is 40.5 Å². The molecule has 0 saturated carbocycles. The molecule has 0 saturated heterocycles. The molecule has 0 fully saturated rings. The molecule has 2 heterocycles. The second-order valence-corrected chi connectivity index (χ2v) is 7.05. The minimum absolute atomic E-state index is 0.161. The van der Waals surface area contributed by atoms with Crippen molar-refractivity contribution >= 4 is 11.7 Å². The zero-order chi connectivity index (χ0) is 20.4. The van der Waals surface area contributed by atoms with Crippen LogP contribution in [-0.2, 0) is 7.05 Å². The maximum absolute atomic E-state index is 12.5. The predicted molar refractivity (Wildman–Crippen MR) is 116 cm³/mol. The van der Waals surface area contributed by atoms with Gasteiger partial charge >= 0.3 is 0 Å². The van der Waals surface area contributed by atoms with Gasteiger partial charge in [0, 0.05) is 29.9 Å². The number of benzene rings is 2. The third-order valence-electron chi connectivity index (χ3n) is 4.99. The van der Waals surface area contributed by atoms with Crippen LogP contribution < -0.4 is 5.32 Å². The molecule has 4 rings (SSSR count). The molecule has 29 heavy (non-hydrogen) atoms. The number of pyridine rings is 1. The lowest BCUT2D eigenvalue weighted by atomic mass is 10.1. The first kappa shape index (κ1) is 18.6. The molecule has 0 radical (unpaired) electrons. The average Bonchev–Trinajstić information content (AvgIpc) is 3.10. The molecule has 4 aromatic rings. The number of rotatable bonds is 4. The van der Waals surface area contributed by atoms with Crippen molar-refractivity contribution in [2.24, 2.45) is 7.05 Å². The van der Waals surface area contributed by atoms with E-state index in [1.54, 1.807) is 6.20 Å². The Morgan fingerprint density at radius 2 is 1.66 bits per heavy atom. The average molecular weight is 382 g/mol. The molecule has 2 aromatic heterocycles. The topological polar surface area (TPSA) is 59.8 Å².